The molecule has 0 fully saturated rings. The summed E-state index contributed by atoms with van der Waals surface area (Å²) in [6, 6.07) is -0.233. The third kappa shape index (κ3) is 7.33. The maximum atomic E-state index is 11.5. The molecule has 2 unspecified atom stereocenters. The average molecular weight is 216 g/mol. The molecule has 3 N–H and O–H groups in total. The first-order chi connectivity index (χ1) is 7.11. The summed E-state index contributed by atoms with van der Waals surface area (Å²) in [6.07, 6.45) is 2.43. The molecule has 4 heteroatoms. The lowest BCUT2D eigenvalue weighted by atomic mass is 10.2. The number of hydrogen-bond acceptors (Lipinski definition) is 3. The van der Waals surface area contributed by atoms with Crippen LogP contribution in [0.15, 0.2) is 0 Å². The van der Waals surface area contributed by atoms with Crippen LogP contribution in [0.1, 0.15) is 40.0 Å². The topological polar surface area (TPSA) is 61.4 Å². The predicted octanol–water partition coefficient (Wildman–Crippen LogP) is 0.652. The molecule has 0 aliphatic carbocycles. The second kappa shape index (κ2) is 8.68. The van der Waals surface area contributed by atoms with Crippen LogP contribution in [0, 0.1) is 0 Å². The van der Waals surface area contributed by atoms with Gasteiger partial charge in [0, 0.05) is 13.1 Å². The molecule has 15 heavy (non-hydrogen) atoms. The Hall–Kier alpha value is -0.610. The summed E-state index contributed by atoms with van der Waals surface area (Å²) >= 11 is 0. The lowest BCUT2D eigenvalue weighted by molar-refractivity contribution is -0.122. The van der Waals surface area contributed by atoms with E-state index >= 15 is 0 Å². The summed E-state index contributed by atoms with van der Waals surface area (Å²) in [4.78, 5) is 11.5. The van der Waals surface area contributed by atoms with E-state index in [0.717, 1.165) is 19.4 Å². The average Bonchev–Trinajstić information content (AvgIpc) is 2.25. The quantitative estimate of drug-likeness (QED) is 0.522. The highest BCUT2D eigenvalue weighted by Crippen LogP contribution is 1.90. The lowest BCUT2D eigenvalue weighted by Crippen LogP contribution is -2.44. The highest BCUT2D eigenvalue weighted by Gasteiger charge is 2.12. The van der Waals surface area contributed by atoms with Crippen molar-refractivity contribution in [3.63, 3.8) is 0 Å². The summed E-state index contributed by atoms with van der Waals surface area (Å²) in [5, 5.41) is 15.1. The molecule has 0 heterocycles. The first kappa shape index (κ1) is 14.4. The number of amides is 1. The van der Waals surface area contributed by atoms with Crippen LogP contribution in [0.2, 0.25) is 0 Å². The minimum atomic E-state index is -0.365. The van der Waals surface area contributed by atoms with Crippen LogP contribution in [0.25, 0.3) is 0 Å². The highest BCUT2D eigenvalue weighted by atomic mass is 16.3. The zero-order chi connectivity index (χ0) is 11.7. The lowest BCUT2D eigenvalue weighted by Gasteiger charge is -2.15. The maximum Gasteiger partial charge on any atom is 0.236 e. The fourth-order valence-corrected chi connectivity index (χ4v) is 1.09. The second-order valence-corrected chi connectivity index (χ2v) is 3.84. The molecule has 90 valence electrons. The molecule has 0 saturated heterocycles. The number of aliphatic hydroxyl groups excluding tert-OH is 1. The van der Waals surface area contributed by atoms with E-state index in [1.807, 2.05) is 13.8 Å². The number of carbonyl (C=O) groups is 1. The van der Waals surface area contributed by atoms with Crippen molar-refractivity contribution in [3.05, 3.63) is 0 Å². The van der Waals surface area contributed by atoms with Crippen LogP contribution in [-0.4, -0.2) is 36.2 Å². The van der Waals surface area contributed by atoms with Crippen molar-refractivity contribution in [2.45, 2.75) is 52.2 Å². The summed E-state index contributed by atoms with van der Waals surface area (Å²) in [6.45, 7) is 7.02. The van der Waals surface area contributed by atoms with E-state index in [9.17, 15) is 9.90 Å². The number of nitrogens with one attached hydrogen (secondary N) is 2. The van der Waals surface area contributed by atoms with E-state index in [1.54, 1.807) is 0 Å². The van der Waals surface area contributed by atoms with Gasteiger partial charge in [0.2, 0.25) is 5.91 Å². The molecule has 0 bridgehead atoms. The van der Waals surface area contributed by atoms with Crippen molar-refractivity contribution in [2.75, 3.05) is 13.1 Å². The van der Waals surface area contributed by atoms with Gasteiger partial charge in [-0.3, -0.25) is 4.79 Å². The van der Waals surface area contributed by atoms with Gasteiger partial charge in [-0.05, 0) is 19.8 Å². The molecule has 0 aliphatic heterocycles. The summed E-state index contributed by atoms with van der Waals surface area (Å²) < 4.78 is 0. The highest BCUT2D eigenvalue weighted by molar-refractivity contribution is 5.81. The van der Waals surface area contributed by atoms with E-state index in [2.05, 4.69) is 17.6 Å². The molecule has 4 nitrogen and oxygen atoms in total. The number of hydrogen-bond donors (Lipinski definition) is 3. The number of unbranched alkanes of at least 4 members (excludes halogenated alkanes) is 1. The van der Waals surface area contributed by atoms with Crippen molar-refractivity contribution in [1.29, 1.82) is 0 Å². The van der Waals surface area contributed by atoms with Crippen molar-refractivity contribution in [2.24, 2.45) is 0 Å². The first-order valence-corrected chi connectivity index (χ1v) is 5.80. The van der Waals surface area contributed by atoms with Gasteiger partial charge in [-0.25, -0.2) is 0 Å². The van der Waals surface area contributed by atoms with Crippen molar-refractivity contribution in [1.82, 2.24) is 10.6 Å². The minimum Gasteiger partial charge on any atom is -0.392 e. The number of carbonyl (C=O) groups excluding carboxylic acids is 1. The smallest absolute Gasteiger partial charge is 0.236 e. The molecule has 0 radical (unpaired) electrons. The monoisotopic (exact) mass is 216 g/mol. The Morgan fingerprint density at radius 3 is 2.60 bits per heavy atom. The molecule has 0 aromatic rings. The Kier molecular flexibility index (Phi) is 8.33. The molecule has 2 atom stereocenters. The van der Waals surface area contributed by atoms with Gasteiger partial charge in [0.15, 0.2) is 0 Å². The predicted molar refractivity (Wildman–Crippen MR) is 61.7 cm³/mol. The molecular formula is C11H24N2O2. The fourth-order valence-electron chi connectivity index (χ4n) is 1.09. The van der Waals surface area contributed by atoms with E-state index in [4.69, 9.17) is 0 Å². The third-order valence-electron chi connectivity index (χ3n) is 2.35. The van der Waals surface area contributed by atoms with Gasteiger partial charge in [-0.2, -0.15) is 0 Å². The Balaban J connectivity index is 3.60. The van der Waals surface area contributed by atoms with Crippen molar-refractivity contribution in [3.8, 4) is 0 Å². The normalized spacial score (nSPS) is 14.7. The Labute approximate surface area is 92.4 Å². The van der Waals surface area contributed by atoms with Gasteiger partial charge in [0.1, 0.15) is 0 Å². The largest absolute Gasteiger partial charge is 0.392 e. The minimum absolute atomic E-state index is 0.00625. The third-order valence-corrected chi connectivity index (χ3v) is 2.35. The molecule has 0 rings (SSSR count). The summed E-state index contributed by atoms with van der Waals surface area (Å²) in [7, 11) is 0. The molecule has 0 aromatic carbocycles. The second-order valence-electron chi connectivity index (χ2n) is 3.84. The van der Waals surface area contributed by atoms with E-state index in [0.29, 0.717) is 13.0 Å². The Bertz CT molecular complexity index is 174. The van der Waals surface area contributed by atoms with Gasteiger partial charge in [0.25, 0.3) is 0 Å². The van der Waals surface area contributed by atoms with Gasteiger partial charge in [-0.1, -0.05) is 20.3 Å². The first-order valence-electron chi connectivity index (χ1n) is 5.80. The van der Waals surface area contributed by atoms with Gasteiger partial charge in [-0.15, -0.1) is 0 Å². The molecule has 0 aromatic heterocycles. The van der Waals surface area contributed by atoms with Crippen molar-refractivity contribution >= 4 is 5.91 Å². The van der Waals surface area contributed by atoms with Crippen LogP contribution >= 0.6 is 0 Å². The van der Waals surface area contributed by atoms with E-state index < -0.39 is 0 Å². The van der Waals surface area contributed by atoms with Crippen LogP contribution in [0.5, 0.6) is 0 Å². The Morgan fingerprint density at radius 2 is 2.07 bits per heavy atom. The summed E-state index contributed by atoms with van der Waals surface area (Å²) in [5.41, 5.74) is 0. The van der Waals surface area contributed by atoms with Gasteiger partial charge >= 0.3 is 0 Å². The molecule has 0 saturated carbocycles. The SMILES string of the molecule is CCCCNC(=O)C(C)NCC(O)CC. The molecule has 0 spiro atoms. The van der Waals surface area contributed by atoms with Gasteiger partial charge < -0.3 is 15.7 Å². The number of rotatable bonds is 8. The van der Waals surface area contributed by atoms with Crippen LogP contribution in [0.3, 0.4) is 0 Å². The standard InChI is InChI=1S/C11H24N2O2/c1-4-6-7-12-11(15)9(3)13-8-10(14)5-2/h9-10,13-14H,4-8H2,1-3H3,(H,12,15). The molecule has 0 aliphatic rings. The Morgan fingerprint density at radius 1 is 1.40 bits per heavy atom. The summed E-state index contributed by atoms with van der Waals surface area (Å²) in [5.74, 6) is 0.00625. The van der Waals surface area contributed by atoms with Gasteiger partial charge in [0.05, 0.1) is 12.1 Å². The number of aliphatic hydroxyl groups is 1. The van der Waals surface area contributed by atoms with Crippen molar-refractivity contribution < 1.29 is 9.90 Å². The maximum absolute atomic E-state index is 11.5. The van der Waals surface area contributed by atoms with E-state index in [1.165, 1.54) is 0 Å². The van der Waals surface area contributed by atoms with Crippen LogP contribution < -0.4 is 10.6 Å². The fraction of sp³-hybridized carbons (Fsp3) is 0.909. The zero-order valence-electron chi connectivity index (χ0n) is 10.0. The van der Waals surface area contributed by atoms with Crippen LogP contribution in [-0.2, 0) is 4.79 Å². The molecular weight excluding hydrogens is 192 g/mol. The van der Waals surface area contributed by atoms with Crippen LogP contribution in [0.4, 0.5) is 0 Å². The zero-order valence-corrected chi connectivity index (χ0v) is 10.0. The van der Waals surface area contributed by atoms with E-state index in [-0.39, 0.29) is 18.1 Å². The molecule has 1 amide bonds.